The Bertz CT molecular complexity index is 491. The van der Waals surface area contributed by atoms with E-state index in [1.165, 1.54) is 4.90 Å². The first kappa shape index (κ1) is 13.6. The van der Waals surface area contributed by atoms with Crippen molar-refractivity contribution in [3.63, 3.8) is 0 Å². The minimum atomic E-state index is -0.850. The highest BCUT2D eigenvalue weighted by Gasteiger charge is 2.30. The van der Waals surface area contributed by atoms with Crippen molar-refractivity contribution in [1.29, 1.82) is 0 Å². The van der Waals surface area contributed by atoms with Crippen LogP contribution >= 0.6 is 0 Å². The molecule has 7 nitrogen and oxygen atoms in total. The number of fused-ring (bicyclic) bond motifs is 1. The Labute approximate surface area is 116 Å². The lowest BCUT2D eigenvalue weighted by Gasteiger charge is -2.33. The summed E-state index contributed by atoms with van der Waals surface area (Å²) in [5.74, 6) is 0.906. The Kier molecular flexibility index (Phi) is 3.87. The van der Waals surface area contributed by atoms with E-state index in [0.29, 0.717) is 26.2 Å². The number of piperazine rings is 1. The molecule has 0 aliphatic carbocycles. The summed E-state index contributed by atoms with van der Waals surface area (Å²) in [6, 6.07) is 0. The first-order chi connectivity index (χ1) is 8.75. The summed E-state index contributed by atoms with van der Waals surface area (Å²) < 4.78 is 0. The highest BCUT2D eigenvalue weighted by atomic mass is 35.5. The van der Waals surface area contributed by atoms with Gasteiger partial charge in [0.2, 0.25) is 12.0 Å². The van der Waals surface area contributed by atoms with Crippen LogP contribution in [0.15, 0.2) is 33.9 Å². The van der Waals surface area contributed by atoms with Crippen LogP contribution < -0.4 is 17.3 Å². The van der Waals surface area contributed by atoms with E-state index in [0.717, 1.165) is 16.4 Å². The van der Waals surface area contributed by atoms with Crippen LogP contribution in [0.2, 0.25) is 0 Å². The van der Waals surface area contributed by atoms with E-state index >= 15 is 0 Å². The number of carboxylic acid groups (broad SMARTS) is 1. The van der Waals surface area contributed by atoms with Crippen molar-refractivity contribution in [3.8, 4) is 0 Å². The van der Waals surface area contributed by atoms with Gasteiger partial charge < -0.3 is 27.3 Å². The maximum Gasteiger partial charge on any atom is 0.407 e. The summed E-state index contributed by atoms with van der Waals surface area (Å²) in [6.45, 7) is 2.38. The van der Waals surface area contributed by atoms with Gasteiger partial charge >= 0.3 is 6.09 Å². The molecule has 1 saturated heterocycles. The first-order valence-corrected chi connectivity index (χ1v) is 5.84. The van der Waals surface area contributed by atoms with Gasteiger partial charge in [0.05, 0.1) is 12.4 Å². The van der Waals surface area contributed by atoms with Crippen LogP contribution in [0.25, 0.3) is 0 Å². The van der Waals surface area contributed by atoms with Gasteiger partial charge in [-0.15, -0.1) is 0 Å². The summed E-state index contributed by atoms with van der Waals surface area (Å²) in [7, 11) is 0. The van der Waals surface area contributed by atoms with Crippen LogP contribution in [0.1, 0.15) is 0 Å². The molecule has 3 aliphatic heterocycles. The largest absolute Gasteiger partial charge is 1.00 e. The fourth-order valence-corrected chi connectivity index (χ4v) is 2.27. The molecule has 0 saturated carbocycles. The van der Waals surface area contributed by atoms with E-state index in [-0.39, 0.29) is 12.4 Å². The Hall–Kier alpha value is -1.86. The van der Waals surface area contributed by atoms with E-state index in [2.05, 4.69) is 14.9 Å². The summed E-state index contributed by atoms with van der Waals surface area (Å²) in [5, 5.41) is 8.91. The first-order valence-electron chi connectivity index (χ1n) is 5.84. The zero-order chi connectivity index (χ0) is 12.5. The van der Waals surface area contributed by atoms with Gasteiger partial charge in [-0.3, -0.25) is 4.99 Å². The molecular formula is C11H14ClN5O2. The maximum atomic E-state index is 10.8. The molecule has 2 N–H and O–H groups in total. The van der Waals surface area contributed by atoms with E-state index in [9.17, 15) is 4.79 Å². The number of rotatable bonds is 1. The predicted molar refractivity (Wildman–Crippen MR) is 65.3 cm³/mol. The molecule has 1 fully saturated rings. The summed E-state index contributed by atoms with van der Waals surface area (Å²) in [5.41, 5.74) is 1.03. The fraction of sp³-hybridized carbons (Fsp3) is 0.364. The Morgan fingerprint density at radius 3 is 2.74 bits per heavy atom. The zero-order valence-electron chi connectivity index (χ0n) is 10.2. The van der Waals surface area contributed by atoms with Crippen molar-refractivity contribution in [2.75, 3.05) is 26.2 Å². The summed E-state index contributed by atoms with van der Waals surface area (Å²) in [6.07, 6.45) is 6.46. The highest BCUT2D eigenvalue weighted by Crippen LogP contribution is 2.14. The second kappa shape index (κ2) is 5.41. The predicted octanol–water partition coefficient (Wildman–Crippen LogP) is -4.06. The fourth-order valence-electron chi connectivity index (χ4n) is 2.27. The van der Waals surface area contributed by atoms with Gasteiger partial charge in [-0.2, -0.15) is 4.99 Å². The number of nitrogens with one attached hydrogen (secondary N) is 1. The molecule has 0 aromatic rings. The lowest BCUT2D eigenvalue weighted by atomic mass is 10.3. The molecule has 3 aliphatic rings. The van der Waals surface area contributed by atoms with Crippen molar-refractivity contribution in [2.24, 2.45) is 9.98 Å². The number of hydrogen-bond donors (Lipinski definition) is 2. The lowest BCUT2D eigenvalue weighted by Crippen LogP contribution is -3.04. The smallest absolute Gasteiger partial charge is 0.407 e. The molecule has 0 aromatic carbocycles. The van der Waals surface area contributed by atoms with Crippen LogP contribution in [0, 0.1) is 0 Å². The second-order valence-corrected chi connectivity index (χ2v) is 4.30. The molecule has 1 amide bonds. The van der Waals surface area contributed by atoms with Crippen LogP contribution in [0.3, 0.4) is 0 Å². The summed E-state index contributed by atoms with van der Waals surface area (Å²) in [4.78, 5) is 24.0. The third-order valence-corrected chi connectivity index (χ3v) is 3.27. The monoisotopic (exact) mass is 283 g/mol. The lowest BCUT2D eigenvalue weighted by molar-refractivity contribution is -0.682. The van der Waals surface area contributed by atoms with Crippen molar-refractivity contribution in [3.05, 3.63) is 23.9 Å². The second-order valence-electron chi connectivity index (χ2n) is 4.30. The van der Waals surface area contributed by atoms with Crippen LogP contribution in [-0.2, 0) is 0 Å². The standard InChI is InChI=1S/C11H13N5O2.ClH/c17-11(18)15-5-3-14(4-6-15)10-9-7-12-1-2-16(9)8-13-10;/h1-2,7-8H,3-6H2,(H,17,18);1H. The molecular weight excluding hydrogens is 270 g/mol. The topological polar surface area (TPSA) is 72.9 Å². The SMILES string of the molecule is O=C(O)N1CCN(C2=C3C=NC=C[NH+]3C=N2)CC1.[Cl-]. The van der Waals surface area contributed by atoms with Crippen molar-refractivity contribution >= 4 is 18.6 Å². The Balaban J connectivity index is 0.00000133. The third kappa shape index (κ3) is 2.47. The summed E-state index contributed by atoms with van der Waals surface area (Å²) >= 11 is 0. The normalized spacial score (nSPS) is 24.5. The van der Waals surface area contributed by atoms with Gasteiger partial charge in [0, 0.05) is 26.2 Å². The number of hydrogen-bond acceptors (Lipinski definition) is 4. The number of carbonyl (C=O) groups is 1. The number of allylic oxidation sites excluding steroid dienone is 1. The molecule has 3 heterocycles. The maximum absolute atomic E-state index is 10.8. The molecule has 102 valence electrons. The average molecular weight is 284 g/mol. The minimum absolute atomic E-state index is 0. The molecule has 1 unspecified atom stereocenters. The van der Waals surface area contributed by atoms with Crippen molar-refractivity contribution < 1.29 is 27.2 Å². The van der Waals surface area contributed by atoms with Gasteiger partial charge in [0.15, 0.2) is 5.82 Å². The molecule has 0 aromatic heterocycles. The van der Waals surface area contributed by atoms with Gasteiger partial charge in [0.1, 0.15) is 6.20 Å². The number of aliphatic imine (C=N–C) groups is 2. The van der Waals surface area contributed by atoms with Crippen LogP contribution in [-0.4, -0.2) is 59.7 Å². The van der Waals surface area contributed by atoms with Gasteiger partial charge in [-0.05, 0) is 0 Å². The molecule has 1 atom stereocenters. The number of quaternary nitrogens is 1. The molecule has 8 heteroatoms. The van der Waals surface area contributed by atoms with Crippen LogP contribution in [0.5, 0.6) is 0 Å². The third-order valence-electron chi connectivity index (χ3n) is 3.27. The minimum Gasteiger partial charge on any atom is -1.00 e. The van der Waals surface area contributed by atoms with E-state index < -0.39 is 6.09 Å². The quantitative estimate of drug-likeness (QED) is 0.514. The number of halogens is 1. The highest BCUT2D eigenvalue weighted by molar-refractivity contribution is 5.81. The Morgan fingerprint density at radius 2 is 2.05 bits per heavy atom. The number of amides is 1. The number of nitrogens with zero attached hydrogens (tertiary/aromatic N) is 4. The zero-order valence-corrected chi connectivity index (χ0v) is 10.9. The van der Waals surface area contributed by atoms with E-state index in [1.54, 1.807) is 12.4 Å². The molecule has 19 heavy (non-hydrogen) atoms. The average Bonchev–Trinajstić information content (AvgIpc) is 2.82. The Morgan fingerprint density at radius 1 is 1.32 bits per heavy atom. The van der Waals surface area contributed by atoms with Crippen molar-refractivity contribution in [1.82, 2.24) is 9.80 Å². The van der Waals surface area contributed by atoms with E-state index in [4.69, 9.17) is 5.11 Å². The molecule has 3 rings (SSSR count). The van der Waals surface area contributed by atoms with Crippen molar-refractivity contribution in [2.45, 2.75) is 0 Å². The molecule has 0 bridgehead atoms. The van der Waals surface area contributed by atoms with Crippen LogP contribution in [0.4, 0.5) is 4.79 Å². The molecule has 0 spiro atoms. The van der Waals surface area contributed by atoms with Gasteiger partial charge in [-0.1, -0.05) is 0 Å². The van der Waals surface area contributed by atoms with Gasteiger partial charge in [0.25, 0.3) is 0 Å². The van der Waals surface area contributed by atoms with E-state index in [1.807, 2.05) is 12.5 Å². The molecule has 0 radical (unpaired) electrons. The van der Waals surface area contributed by atoms with Gasteiger partial charge in [-0.25, -0.2) is 9.69 Å².